The van der Waals surface area contributed by atoms with Crippen molar-refractivity contribution >= 4 is 5.69 Å². The monoisotopic (exact) mass is 222 g/mol. The topological polar surface area (TPSA) is 47.1 Å². The van der Waals surface area contributed by atoms with Gasteiger partial charge in [-0.3, -0.25) is 4.68 Å². The summed E-state index contributed by atoms with van der Waals surface area (Å²) in [6.07, 6.45) is 10.3. The van der Waals surface area contributed by atoms with E-state index in [0.29, 0.717) is 0 Å². The molecule has 90 valence electrons. The van der Waals surface area contributed by atoms with Crippen molar-refractivity contribution in [1.82, 2.24) is 14.7 Å². The lowest BCUT2D eigenvalue weighted by molar-refractivity contribution is 0.223. The maximum Gasteiger partial charge on any atom is 0.0719 e. The Morgan fingerprint density at radius 2 is 1.88 bits per heavy atom. The summed E-state index contributed by atoms with van der Waals surface area (Å²) in [5, 5.41) is 4.18. The molecular formula is C12H22N4. The fourth-order valence-electron chi connectivity index (χ4n) is 2.29. The van der Waals surface area contributed by atoms with Gasteiger partial charge in [-0.1, -0.05) is 6.42 Å². The van der Waals surface area contributed by atoms with Crippen LogP contribution in [-0.4, -0.2) is 34.3 Å². The first-order valence-electron chi connectivity index (χ1n) is 6.35. The first-order chi connectivity index (χ1) is 7.84. The Bertz CT molecular complexity index is 302. The van der Waals surface area contributed by atoms with Crippen LogP contribution in [0.5, 0.6) is 0 Å². The molecule has 2 heterocycles. The van der Waals surface area contributed by atoms with Gasteiger partial charge in [0.15, 0.2) is 0 Å². The Kier molecular flexibility index (Phi) is 4.22. The number of nitrogens with zero attached hydrogens (tertiary/aromatic N) is 3. The molecule has 1 aliphatic heterocycles. The fraction of sp³-hybridized carbons (Fsp3) is 0.750. The normalized spacial score (nSPS) is 17.8. The second-order valence-electron chi connectivity index (χ2n) is 4.65. The van der Waals surface area contributed by atoms with E-state index in [1.807, 2.05) is 10.9 Å². The molecule has 0 atom stereocenters. The molecular weight excluding hydrogens is 200 g/mol. The summed E-state index contributed by atoms with van der Waals surface area (Å²) < 4.78 is 1.94. The maximum absolute atomic E-state index is 5.61. The second kappa shape index (κ2) is 5.89. The van der Waals surface area contributed by atoms with Crippen molar-refractivity contribution < 1.29 is 0 Å². The van der Waals surface area contributed by atoms with Crippen molar-refractivity contribution in [2.75, 3.05) is 25.4 Å². The van der Waals surface area contributed by atoms with Gasteiger partial charge in [-0.15, -0.1) is 0 Å². The zero-order chi connectivity index (χ0) is 11.2. The molecule has 0 unspecified atom stereocenters. The highest BCUT2D eigenvalue weighted by molar-refractivity contribution is 5.30. The molecule has 0 spiro atoms. The first-order valence-corrected chi connectivity index (χ1v) is 6.35. The number of unbranched alkanes of at least 4 members (excludes halogenated alkanes) is 1. The fourth-order valence-corrected chi connectivity index (χ4v) is 2.29. The Labute approximate surface area is 97.4 Å². The molecule has 0 amide bonds. The van der Waals surface area contributed by atoms with Crippen molar-refractivity contribution in [3.8, 4) is 0 Å². The van der Waals surface area contributed by atoms with Crippen LogP contribution in [0.1, 0.15) is 32.1 Å². The Morgan fingerprint density at radius 1 is 1.12 bits per heavy atom. The van der Waals surface area contributed by atoms with Crippen LogP contribution in [0.3, 0.4) is 0 Å². The highest BCUT2D eigenvalue weighted by Gasteiger charge is 2.08. The molecule has 16 heavy (non-hydrogen) atoms. The minimum atomic E-state index is 0.760. The predicted molar refractivity (Wildman–Crippen MR) is 66.2 cm³/mol. The van der Waals surface area contributed by atoms with Crippen LogP contribution in [0.4, 0.5) is 5.69 Å². The Balaban J connectivity index is 1.57. The summed E-state index contributed by atoms with van der Waals surface area (Å²) in [5.41, 5.74) is 6.37. The summed E-state index contributed by atoms with van der Waals surface area (Å²) in [7, 11) is 0. The van der Waals surface area contributed by atoms with Gasteiger partial charge in [0.05, 0.1) is 11.9 Å². The van der Waals surface area contributed by atoms with Crippen LogP contribution in [-0.2, 0) is 6.54 Å². The molecule has 2 rings (SSSR count). The van der Waals surface area contributed by atoms with E-state index in [0.717, 1.165) is 12.2 Å². The van der Waals surface area contributed by atoms with Gasteiger partial charge in [0, 0.05) is 12.7 Å². The van der Waals surface area contributed by atoms with Crippen molar-refractivity contribution in [2.24, 2.45) is 0 Å². The minimum Gasteiger partial charge on any atom is -0.396 e. The highest BCUT2D eigenvalue weighted by Crippen LogP contribution is 2.09. The van der Waals surface area contributed by atoms with Crippen molar-refractivity contribution in [3.63, 3.8) is 0 Å². The van der Waals surface area contributed by atoms with Crippen LogP contribution in [0.25, 0.3) is 0 Å². The van der Waals surface area contributed by atoms with E-state index in [4.69, 9.17) is 5.73 Å². The molecule has 4 heteroatoms. The van der Waals surface area contributed by atoms with Crippen LogP contribution in [0.2, 0.25) is 0 Å². The van der Waals surface area contributed by atoms with E-state index >= 15 is 0 Å². The molecule has 2 N–H and O–H groups in total. The SMILES string of the molecule is Nc1cnn(CCCCN2CCCCC2)c1. The van der Waals surface area contributed by atoms with E-state index < -0.39 is 0 Å². The average molecular weight is 222 g/mol. The average Bonchev–Trinajstić information content (AvgIpc) is 2.72. The summed E-state index contributed by atoms with van der Waals surface area (Å²) >= 11 is 0. The third-order valence-corrected chi connectivity index (χ3v) is 3.21. The number of hydrogen-bond donors (Lipinski definition) is 1. The smallest absolute Gasteiger partial charge is 0.0719 e. The number of aromatic nitrogens is 2. The lowest BCUT2D eigenvalue weighted by atomic mass is 10.1. The molecule has 0 saturated carbocycles. The summed E-state index contributed by atoms with van der Waals surface area (Å²) in [6.45, 7) is 4.84. The van der Waals surface area contributed by atoms with Gasteiger partial charge in [0.2, 0.25) is 0 Å². The Hall–Kier alpha value is -1.03. The Morgan fingerprint density at radius 3 is 2.56 bits per heavy atom. The van der Waals surface area contributed by atoms with Crippen LogP contribution in [0, 0.1) is 0 Å². The van der Waals surface area contributed by atoms with Crippen LogP contribution >= 0.6 is 0 Å². The third kappa shape index (κ3) is 3.52. The number of anilines is 1. The predicted octanol–water partition coefficient (Wildman–Crippen LogP) is 1.73. The first kappa shape index (κ1) is 11.5. The van der Waals surface area contributed by atoms with Gasteiger partial charge >= 0.3 is 0 Å². The molecule has 0 aliphatic carbocycles. The number of nitrogens with two attached hydrogens (primary N) is 1. The molecule has 0 aromatic carbocycles. The van der Waals surface area contributed by atoms with Gasteiger partial charge in [0.1, 0.15) is 0 Å². The molecule has 1 aromatic rings. The number of aryl methyl sites for hydroxylation is 1. The number of nitrogen functional groups attached to an aromatic ring is 1. The van der Waals surface area contributed by atoms with Gasteiger partial charge in [-0.2, -0.15) is 5.10 Å². The standard InChI is InChI=1S/C12H22N4/c13-12-10-14-16(11-12)9-5-4-8-15-6-2-1-3-7-15/h10-11H,1-9,13H2. The van der Waals surface area contributed by atoms with Crippen molar-refractivity contribution in [1.29, 1.82) is 0 Å². The summed E-state index contributed by atoms with van der Waals surface area (Å²) in [4.78, 5) is 2.58. The van der Waals surface area contributed by atoms with Gasteiger partial charge in [-0.05, 0) is 45.3 Å². The molecule has 0 radical (unpaired) electrons. The van der Waals surface area contributed by atoms with E-state index in [-0.39, 0.29) is 0 Å². The third-order valence-electron chi connectivity index (χ3n) is 3.21. The van der Waals surface area contributed by atoms with Crippen molar-refractivity contribution in [2.45, 2.75) is 38.6 Å². The minimum absolute atomic E-state index is 0.760. The largest absolute Gasteiger partial charge is 0.396 e. The molecule has 1 saturated heterocycles. The summed E-state index contributed by atoms with van der Waals surface area (Å²) in [6, 6.07) is 0. The van der Waals surface area contributed by atoms with E-state index in [2.05, 4.69) is 10.00 Å². The quantitative estimate of drug-likeness (QED) is 0.772. The van der Waals surface area contributed by atoms with Gasteiger partial charge < -0.3 is 10.6 Å². The number of likely N-dealkylation sites (tertiary alicyclic amines) is 1. The van der Waals surface area contributed by atoms with E-state index in [1.54, 1.807) is 6.20 Å². The zero-order valence-electron chi connectivity index (χ0n) is 9.94. The molecule has 1 aromatic heterocycles. The summed E-state index contributed by atoms with van der Waals surface area (Å²) in [5.74, 6) is 0. The number of hydrogen-bond acceptors (Lipinski definition) is 3. The van der Waals surface area contributed by atoms with Crippen LogP contribution in [0.15, 0.2) is 12.4 Å². The zero-order valence-corrected chi connectivity index (χ0v) is 9.94. The molecule has 1 aliphatic rings. The lowest BCUT2D eigenvalue weighted by Gasteiger charge is -2.26. The van der Waals surface area contributed by atoms with Gasteiger partial charge in [-0.25, -0.2) is 0 Å². The second-order valence-corrected chi connectivity index (χ2v) is 4.65. The highest BCUT2D eigenvalue weighted by atomic mass is 15.3. The number of rotatable bonds is 5. The lowest BCUT2D eigenvalue weighted by Crippen LogP contribution is -2.30. The molecule has 0 bridgehead atoms. The van der Waals surface area contributed by atoms with Gasteiger partial charge in [0.25, 0.3) is 0 Å². The van der Waals surface area contributed by atoms with E-state index in [1.165, 1.54) is 51.7 Å². The number of piperidine rings is 1. The molecule has 1 fully saturated rings. The van der Waals surface area contributed by atoms with Crippen molar-refractivity contribution in [3.05, 3.63) is 12.4 Å². The van der Waals surface area contributed by atoms with E-state index in [9.17, 15) is 0 Å². The maximum atomic E-state index is 5.61. The van der Waals surface area contributed by atoms with Crippen LogP contribution < -0.4 is 5.73 Å². The molecule has 4 nitrogen and oxygen atoms in total.